The second-order valence-corrected chi connectivity index (χ2v) is 7.68. The molecule has 0 unspecified atom stereocenters. The lowest BCUT2D eigenvalue weighted by molar-refractivity contribution is -0.131. The number of carbonyl (C=O) groups excluding carboxylic acids is 2. The number of fused-ring (bicyclic) bond motifs is 1. The van der Waals surface area contributed by atoms with Gasteiger partial charge in [0.1, 0.15) is 11.5 Å². The van der Waals surface area contributed by atoms with Gasteiger partial charge in [0.25, 0.3) is 5.91 Å². The van der Waals surface area contributed by atoms with Crippen LogP contribution in [-0.2, 0) is 11.2 Å². The molecule has 0 saturated heterocycles. The summed E-state index contributed by atoms with van der Waals surface area (Å²) in [5, 5.41) is 3.86. The monoisotopic (exact) mass is 441 g/mol. The molecular weight excluding hydrogens is 418 g/mol. The summed E-state index contributed by atoms with van der Waals surface area (Å²) in [6.07, 6.45) is 1.99. The number of ether oxygens (including phenoxy) is 1. The number of esters is 1. The Morgan fingerprint density at radius 1 is 0.970 bits per heavy atom. The molecule has 0 fully saturated rings. The maximum atomic E-state index is 12.6. The van der Waals surface area contributed by atoms with Crippen LogP contribution in [0.25, 0.3) is 10.9 Å². The first-order valence-electron chi connectivity index (χ1n) is 10.4. The highest BCUT2D eigenvalue weighted by molar-refractivity contribution is 6.04. The standard InChI is InChI=1S/C25H23N5O3/c1-16(31)33-22-15-26-23(29-24(22)30(2)3)14-17-8-11-19(12-9-17)27-25(32)21-13-10-18-6-4-5-7-20(18)28-21/h4-13,15H,14H2,1-3H3,(H,27,32). The molecule has 2 aromatic heterocycles. The number of aromatic nitrogens is 3. The summed E-state index contributed by atoms with van der Waals surface area (Å²) in [6, 6.07) is 18.7. The smallest absolute Gasteiger partial charge is 0.308 e. The molecule has 0 aliphatic carbocycles. The molecule has 1 N–H and O–H groups in total. The van der Waals surface area contributed by atoms with Crippen molar-refractivity contribution in [2.45, 2.75) is 13.3 Å². The van der Waals surface area contributed by atoms with Crippen molar-refractivity contribution >= 4 is 34.3 Å². The Labute approximate surface area is 191 Å². The number of pyridine rings is 1. The van der Waals surface area contributed by atoms with E-state index in [0.717, 1.165) is 16.5 Å². The Balaban J connectivity index is 1.45. The zero-order chi connectivity index (χ0) is 23.4. The van der Waals surface area contributed by atoms with Gasteiger partial charge in [-0.2, -0.15) is 0 Å². The predicted molar refractivity (Wildman–Crippen MR) is 127 cm³/mol. The van der Waals surface area contributed by atoms with Crippen molar-refractivity contribution in [3.63, 3.8) is 0 Å². The van der Waals surface area contributed by atoms with Crippen LogP contribution in [0.4, 0.5) is 11.5 Å². The highest BCUT2D eigenvalue weighted by Crippen LogP contribution is 2.24. The maximum Gasteiger partial charge on any atom is 0.308 e. The van der Waals surface area contributed by atoms with E-state index in [1.165, 1.54) is 13.1 Å². The Bertz CT molecular complexity index is 1320. The van der Waals surface area contributed by atoms with Crippen molar-refractivity contribution in [3.05, 3.63) is 83.9 Å². The quantitative estimate of drug-likeness (QED) is 0.454. The highest BCUT2D eigenvalue weighted by Gasteiger charge is 2.13. The van der Waals surface area contributed by atoms with Crippen LogP contribution in [0.15, 0.2) is 66.9 Å². The number of nitrogens with one attached hydrogen (secondary N) is 1. The summed E-state index contributed by atoms with van der Waals surface area (Å²) < 4.78 is 5.17. The van der Waals surface area contributed by atoms with Crippen molar-refractivity contribution in [3.8, 4) is 5.75 Å². The van der Waals surface area contributed by atoms with Crippen LogP contribution >= 0.6 is 0 Å². The number of carbonyl (C=O) groups is 2. The second-order valence-electron chi connectivity index (χ2n) is 7.68. The zero-order valence-corrected chi connectivity index (χ0v) is 18.6. The first kappa shape index (κ1) is 21.9. The molecule has 0 spiro atoms. The number of benzene rings is 2. The van der Waals surface area contributed by atoms with Gasteiger partial charge in [-0.3, -0.25) is 9.59 Å². The second kappa shape index (κ2) is 9.44. The van der Waals surface area contributed by atoms with Crippen LogP contribution < -0.4 is 15.0 Å². The fourth-order valence-corrected chi connectivity index (χ4v) is 3.31. The largest absolute Gasteiger partial charge is 0.421 e. The van der Waals surface area contributed by atoms with Gasteiger partial charge in [0, 0.05) is 38.5 Å². The van der Waals surface area contributed by atoms with Gasteiger partial charge in [-0.05, 0) is 29.8 Å². The predicted octanol–water partition coefficient (Wildman–Crippen LogP) is 3.86. The minimum atomic E-state index is -0.425. The van der Waals surface area contributed by atoms with E-state index in [0.29, 0.717) is 35.2 Å². The topological polar surface area (TPSA) is 97.3 Å². The number of anilines is 2. The molecule has 1 amide bonds. The molecule has 2 aromatic carbocycles. The molecule has 0 saturated carbocycles. The third kappa shape index (κ3) is 5.30. The van der Waals surface area contributed by atoms with E-state index in [4.69, 9.17) is 4.74 Å². The van der Waals surface area contributed by atoms with Gasteiger partial charge in [0.15, 0.2) is 11.6 Å². The summed E-state index contributed by atoms with van der Waals surface area (Å²) in [7, 11) is 3.64. The Kier molecular flexibility index (Phi) is 6.26. The lowest BCUT2D eigenvalue weighted by atomic mass is 10.1. The van der Waals surface area contributed by atoms with Crippen molar-refractivity contribution in [2.24, 2.45) is 0 Å². The summed E-state index contributed by atoms with van der Waals surface area (Å²) in [5.74, 6) is 0.741. The SMILES string of the molecule is CC(=O)Oc1cnc(Cc2ccc(NC(=O)c3ccc4ccccc4n3)cc2)nc1N(C)C. The third-order valence-corrected chi connectivity index (χ3v) is 4.87. The van der Waals surface area contributed by atoms with E-state index >= 15 is 0 Å². The normalized spacial score (nSPS) is 10.6. The lowest BCUT2D eigenvalue weighted by Gasteiger charge is -2.16. The van der Waals surface area contributed by atoms with Gasteiger partial charge in [-0.1, -0.05) is 36.4 Å². The molecular formula is C25H23N5O3. The van der Waals surface area contributed by atoms with Gasteiger partial charge >= 0.3 is 5.97 Å². The molecule has 0 aliphatic heterocycles. The Hall–Kier alpha value is -4.33. The lowest BCUT2D eigenvalue weighted by Crippen LogP contribution is -2.16. The average molecular weight is 441 g/mol. The third-order valence-electron chi connectivity index (χ3n) is 4.87. The first-order chi connectivity index (χ1) is 15.9. The zero-order valence-electron chi connectivity index (χ0n) is 18.6. The van der Waals surface area contributed by atoms with Gasteiger partial charge in [-0.25, -0.2) is 15.0 Å². The van der Waals surface area contributed by atoms with Gasteiger partial charge < -0.3 is 15.0 Å². The first-order valence-corrected chi connectivity index (χ1v) is 10.4. The van der Waals surface area contributed by atoms with Crippen molar-refractivity contribution < 1.29 is 14.3 Å². The molecule has 2 heterocycles. The van der Waals surface area contributed by atoms with E-state index in [1.807, 2.05) is 68.7 Å². The number of nitrogens with zero attached hydrogens (tertiary/aromatic N) is 4. The number of para-hydroxylation sites is 1. The number of hydrogen-bond acceptors (Lipinski definition) is 7. The Morgan fingerprint density at radius 3 is 2.45 bits per heavy atom. The van der Waals surface area contributed by atoms with Crippen LogP contribution in [0, 0.1) is 0 Å². The van der Waals surface area contributed by atoms with Gasteiger partial charge in [-0.15, -0.1) is 0 Å². The number of amides is 1. The fourth-order valence-electron chi connectivity index (χ4n) is 3.31. The van der Waals surface area contributed by atoms with E-state index in [9.17, 15) is 9.59 Å². The van der Waals surface area contributed by atoms with E-state index < -0.39 is 5.97 Å². The molecule has 166 valence electrons. The summed E-state index contributed by atoms with van der Waals surface area (Å²) in [6.45, 7) is 1.34. The van der Waals surface area contributed by atoms with E-state index in [-0.39, 0.29) is 5.91 Å². The summed E-state index contributed by atoms with van der Waals surface area (Å²) in [4.78, 5) is 38.9. The molecule has 8 nitrogen and oxygen atoms in total. The van der Waals surface area contributed by atoms with Crippen LogP contribution in [-0.4, -0.2) is 40.9 Å². The van der Waals surface area contributed by atoms with Crippen molar-refractivity contribution in [1.29, 1.82) is 0 Å². The fraction of sp³-hybridized carbons (Fsp3) is 0.160. The minimum absolute atomic E-state index is 0.270. The maximum absolute atomic E-state index is 12.6. The van der Waals surface area contributed by atoms with Gasteiger partial charge in [0.05, 0.1) is 11.7 Å². The highest BCUT2D eigenvalue weighted by atomic mass is 16.5. The molecule has 33 heavy (non-hydrogen) atoms. The molecule has 0 bridgehead atoms. The number of rotatable bonds is 6. The van der Waals surface area contributed by atoms with Crippen molar-refractivity contribution in [1.82, 2.24) is 15.0 Å². The van der Waals surface area contributed by atoms with Crippen LogP contribution in [0.5, 0.6) is 5.75 Å². The average Bonchev–Trinajstić information content (AvgIpc) is 2.80. The number of hydrogen-bond donors (Lipinski definition) is 1. The van der Waals surface area contributed by atoms with E-state index in [2.05, 4.69) is 20.3 Å². The molecule has 0 atom stereocenters. The van der Waals surface area contributed by atoms with Crippen LogP contribution in [0.1, 0.15) is 28.8 Å². The Morgan fingerprint density at radius 2 is 1.73 bits per heavy atom. The molecule has 8 heteroatoms. The minimum Gasteiger partial charge on any atom is -0.421 e. The summed E-state index contributed by atoms with van der Waals surface area (Å²) >= 11 is 0. The van der Waals surface area contributed by atoms with E-state index in [1.54, 1.807) is 11.0 Å². The molecule has 4 rings (SSSR count). The molecule has 0 radical (unpaired) electrons. The molecule has 4 aromatic rings. The van der Waals surface area contributed by atoms with Crippen molar-refractivity contribution in [2.75, 3.05) is 24.3 Å². The van der Waals surface area contributed by atoms with Crippen LogP contribution in [0.3, 0.4) is 0 Å². The summed E-state index contributed by atoms with van der Waals surface area (Å²) in [5.41, 5.74) is 2.77. The van der Waals surface area contributed by atoms with Gasteiger partial charge in [0.2, 0.25) is 0 Å². The van der Waals surface area contributed by atoms with Crippen LogP contribution in [0.2, 0.25) is 0 Å². The molecule has 0 aliphatic rings.